The highest BCUT2D eigenvalue weighted by atomic mass is 35.5. The molecule has 2 aromatic rings. The number of benzene rings is 2. The third-order valence-electron chi connectivity index (χ3n) is 4.23. The van der Waals surface area contributed by atoms with Crippen molar-refractivity contribution in [1.82, 2.24) is 4.90 Å². The van der Waals surface area contributed by atoms with Gasteiger partial charge in [-0.25, -0.2) is 0 Å². The van der Waals surface area contributed by atoms with Gasteiger partial charge in [0.25, 0.3) is 0 Å². The summed E-state index contributed by atoms with van der Waals surface area (Å²) in [6.45, 7) is 3.27. The molecule has 0 saturated heterocycles. The molecule has 3 N–H and O–H groups in total. The van der Waals surface area contributed by atoms with Crippen LogP contribution in [0.5, 0.6) is 11.5 Å². The standard InChI is InChI=1S/C20H23N3O4.ClH/c1-2-23(20(25)11-14-3-5-15(21)6-4-14)13-19(24)22-16-7-8-17-18(12-16)27-10-9-26-17;/h3-8,12H,2,9-11,13,21H2,1H3,(H,22,24);1H. The lowest BCUT2D eigenvalue weighted by molar-refractivity contribution is -0.133. The zero-order chi connectivity index (χ0) is 19.2. The highest BCUT2D eigenvalue weighted by molar-refractivity contribution is 5.95. The Labute approximate surface area is 170 Å². The number of nitrogens with one attached hydrogen (secondary N) is 1. The van der Waals surface area contributed by atoms with Crippen molar-refractivity contribution in [1.29, 1.82) is 0 Å². The minimum atomic E-state index is -0.265. The second kappa shape index (κ2) is 9.85. The molecule has 28 heavy (non-hydrogen) atoms. The number of anilines is 2. The van der Waals surface area contributed by atoms with Crippen molar-refractivity contribution in [2.45, 2.75) is 13.3 Å². The van der Waals surface area contributed by atoms with Gasteiger partial charge in [-0.1, -0.05) is 12.1 Å². The first-order chi connectivity index (χ1) is 13.0. The van der Waals surface area contributed by atoms with E-state index in [1.54, 1.807) is 30.3 Å². The van der Waals surface area contributed by atoms with Crippen LogP contribution in [0.1, 0.15) is 12.5 Å². The Balaban J connectivity index is 0.00000280. The van der Waals surface area contributed by atoms with Gasteiger partial charge in [-0.05, 0) is 36.8 Å². The summed E-state index contributed by atoms with van der Waals surface area (Å²) in [4.78, 5) is 26.4. The smallest absolute Gasteiger partial charge is 0.243 e. The molecule has 1 aliphatic rings. The van der Waals surface area contributed by atoms with Gasteiger partial charge in [-0.2, -0.15) is 0 Å². The Morgan fingerprint density at radius 2 is 1.75 bits per heavy atom. The molecule has 1 heterocycles. The van der Waals surface area contributed by atoms with Crippen LogP contribution in [0.4, 0.5) is 11.4 Å². The third kappa shape index (κ3) is 5.53. The quantitative estimate of drug-likeness (QED) is 0.720. The minimum Gasteiger partial charge on any atom is -0.486 e. The summed E-state index contributed by atoms with van der Waals surface area (Å²) in [5.41, 5.74) is 7.77. The predicted octanol–water partition coefficient (Wildman–Crippen LogP) is 2.49. The van der Waals surface area contributed by atoms with Gasteiger partial charge in [-0.15, -0.1) is 12.4 Å². The molecule has 0 saturated carbocycles. The summed E-state index contributed by atoms with van der Waals surface area (Å²) in [6.07, 6.45) is 0.228. The van der Waals surface area contributed by atoms with Crippen LogP contribution in [0.3, 0.4) is 0 Å². The van der Waals surface area contributed by atoms with Crippen molar-refractivity contribution >= 4 is 35.6 Å². The van der Waals surface area contributed by atoms with Crippen LogP contribution in [0.15, 0.2) is 42.5 Å². The first-order valence-corrected chi connectivity index (χ1v) is 8.87. The Kier molecular flexibility index (Phi) is 7.52. The maximum absolute atomic E-state index is 12.5. The first-order valence-electron chi connectivity index (χ1n) is 8.87. The van der Waals surface area contributed by atoms with E-state index in [0.29, 0.717) is 42.6 Å². The highest BCUT2D eigenvalue weighted by Gasteiger charge is 2.17. The second-order valence-corrected chi connectivity index (χ2v) is 6.23. The summed E-state index contributed by atoms with van der Waals surface area (Å²) >= 11 is 0. The van der Waals surface area contributed by atoms with E-state index >= 15 is 0 Å². The summed E-state index contributed by atoms with van der Waals surface area (Å²) in [7, 11) is 0. The number of nitrogens with zero attached hydrogens (tertiary/aromatic N) is 1. The molecular formula is C20H24ClN3O4. The van der Waals surface area contributed by atoms with E-state index in [1.165, 1.54) is 4.90 Å². The zero-order valence-electron chi connectivity index (χ0n) is 15.6. The van der Waals surface area contributed by atoms with E-state index in [-0.39, 0.29) is 37.2 Å². The summed E-state index contributed by atoms with van der Waals surface area (Å²) in [6, 6.07) is 12.4. The molecular weight excluding hydrogens is 382 g/mol. The number of hydrogen-bond acceptors (Lipinski definition) is 5. The monoisotopic (exact) mass is 405 g/mol. The summed E-state index contributed by atoms with van der Waals surface area (Å²) < 4.78 is 11.0. The van der Waals surface area contributed by atoms with Crippen LogP contribution in [-0.4, -0.2) is 43.0 Å². The van der Waals surface area contributed by atoms with Gasteiger partial charge in [0.05, 0.1) is 13.0 Å². The number of rotatable bonds is 6. The maximum atomic E-state index is 12.5. The van der Waals surface area contributed by atoms with Crippen LogP contribution < -0.4 is 20.5 Å². The normalized spacial score (nSPS) is 11.9. The van der Waals surface area contributed by atoms with Crippen molar-refractivity contribution in [3.63, 3.8) is 0 Å². The number of fused-ring (bicyclic) bond motifs is 1. The number of nitrogen functional groups attached to an aromatic ring is 1. The van der Waals surface area contributed by atoms with E-state index in [0.717, 1.165) is 5.56 Å². The van der Waals surface area contributed by atoms with Gasteiger partial charge >= 0.3 is 0 Å². The number of halogens is 1. The fourth-order valence-corrected chi connectivity index (χ4v) is 2.79. The Bertz CT molecular complexity index is 827. The number of carbonyl (C=O) groups is 2. The molecule has 150 valence electrons. The van der Waals surface area contributed by atoms with Gasteiger partial charge in [0.2, 0.25) is 11.8 Å². The number of amides is 2. The molecule has 0 aliphatic carbocycles. The molecule has 1 aliphatic heterocycles. The van der Waals surface area contributed by atoms with Gasteiger partial charge in [0.15, 0.2) is 11.5 Å². The Morgan fingerprint density at radius 1 is 1.07 bits per heavy atom. The molecule has 0 radical (unpaired) electrons. The minimum absolute atomic E-state index is 0. The maximum Gasteiger partial charge on any atom is 0.243 e. The van der Waals surface area contributed by atoms with E-state index in [1.807, 2.05) is 19.1 Å². The molecule has 2 amide bonds. The average molecular weight is 406 g/mol. The first kappa shape index (κ1) is 21.4. The summed E-state index contributed by atoms with van der Waals surface area (Å²) in [5, 5.41) is 2.80. The van der Waals surface area contributed by atoms with Crippen molar-refractivity contribution in [3.8, 4) is 11.5 Å². The number of ether oxygens (including phenoxy) is 2. The molecule has 8 heteroatoms. The SMILES string of the molecule is CCN(CC(=O)Nc1ccc2c(c1)OCCO2)C(=O)Cc1ccc(N)cc1.Cl. The molecule has 0 fully saturated rings. The van der Waals surface area contributed by atoms with Crippen LogP contribution in [0, 0.1) is 0 Å². The van der Waals surface area contributed by atoms with Crippen LogP contribution in [0.25, 0.3) is 0 Å². The van der Waals surface area contributed by atoms with Crippen molar-refractivity contribution in [3.05, 3.63) is 48.0 Å². The topological polar surface area (TPSA) is 93.9 Å². The number of carbonyl (C=O) groups excluding carboxylic acids is 2. The molecule has 7 nitrogen and oxygen atoms in total. The van der Waals surface area contributed by atoms with Gasteiger partial charge in [0, 0.05) is 24.0 Å². The lowest BCUT2D eigenvalue weighted by Crippen LogP contribution is -2.38. The molecule has 3 rings (SSSR count). The predicted molar refractivity (Wildman–Crippen MR) is 110 cm³/mol. The summed E-state index contributed by atoms with van der Waals surface area (Å²) in [5.74, 6) is 0.887. The Morgan fingerprint density at radius 3 is 2.43 bits per heavy atom. The molecule has 0 bridgehead atoms. The van der Waals surface area contributed by atoms with E-state index in [4.69, 9.17) is 15.2 Å². The van der Waals surface area contributed by atoms with Crippen LogP contribution >= 0.6 is 12.4 Å². The fourth-order valence-electron chi connectivity index (χ4n) is 2.79. The van der Waals surface area contributed by atoms with Crippen molar-refractivity contribution < 1.29 is 19.1 Å². The van der Waals surface area contributed by atoms with E-state index in [2.05, 4.69) is 5.32 Å². The molecule has 2 aromatic carbocycles. The lowest BCUT2D eigenvalue weighted by atomic mass is 10.1. The Hall–Kier alpha value is -2.93. The molecule has 0 unspecified atom stereocenters. The lowest BCUT2D eigenvalue weighted by Gasteiger charge is -2.21. The van der Waals surface area contributed by atoms with E-state index < -0.39 is 0 Å². The van der Waals surface area contributed by atoms with Gasteiger partial charge in [0.1, 0.15) is 13.2 Å². The zero-order valence-corrected chi connectivity index (χ0v) is 16.5. The highest BCUT2D eigenvalue weighted by Crippen LogP contribution is 2.32. The number of likely N-dealkylation sites (N-methyl/N-ethyl adjacent to an activating group) is 1. The number of nitrogens with two attached hydrogens (primary N) is 1. The van der Waals surface area contributed by atoms with Gasteiger partial charge in [-0.3, -0.25) is 9.59 Å². The molecule has 0 atom stereocenters. The molecule has 0 aromatic heterocycles. The van der Waals surface area contributed by atoms with Crippen molar-refractivity contribution in [2.24, 2.45) is 0 Å². The largest absolute Gasteiger partial charge is 0.486 e. The van der Waals surface area contributed by atoms with Crippen LogP contribution in [0.2, 0.25) is 0 Å². The average Bonchev–Trinajstić information content (AvgIpc) is 2.67. The second-order valence-electron chi connectivity index (χ2n) is 6.23. The van der Waals surface area contributed by atoms with E-state index in [9.17, 15) is 9.59 Å². The molecule has 0 spiro atoms. The third-order valence-corrected chi connectivity index (χ3v) is 4.23. The van der Waals surface area contributed by atoms with Crippen molar-refractivity contribution in [2.75, 3.05) is 37.4 Å². The number of hydrogen-bond donors (Lipinski definition) is 2. The van der Waals surface area contributed by atoms with Gasteiger partial charge < -0.3 is 25.4 Å². The van der Waals surface area contributed by atoms with Crippen LogP contribution in [-0.2, 0) is 16.0 Å². The fraction of sp³-hybridized carbons (Fsp3) is 0.300.